The van der Waals surface area contributed by atoms with Crippen molar-refractivity contribution in [3.8, 4) is 5.75 Å². The molecule has 1 aromatic carbocycles. The van der Waals surface area contributed by atoms with Crippen LogP contribution < -0.4 is 15.4 Å². The highest BCUT2D eigenvalue weighted by atomic mass is 19.4. The van der Waals surface area contributed by atoms with Crippen LogP contribution in [0.1, 0.15) is 42.4 Å². The third-order valence-corrected chi connectivity index (χ3v) is 4.42. The number of nitrogens with zero attached hydrogens (tertiary/aromatic N) is 1. The molecular weight excluding hydrogens is 359 g/mol. The van der Waals surface area contributed by atoms with E-state index in [9.17, 15) is 13.2 Å². The summed E-state index contributed by atoms with van der Waals surface area (Å²) in [6, 6.07) is 9.92. The van der Waals surface area contributed by atoms with Crippen LogP contribution in [0.2, 0.25) is 0 Å². The van der Waals surface area contributed by atoms with Gasteiger partial charge in [-0.15, -0.1) is 13.2 Å². The Morgan fingerprint density at radius 2 is 2.00 bits per heavy atom. The van der Waals surface area contributed by atoms with Gasteiger partial charge in [0.25, 0.3) is 0 Å². The van der Waals surface area contributed by atoms with Crippen molar-refractivity contribution < 1.29 is 22.3 Å². The minimum atomic E-state index is -4.71. The first-order chi connectivity index (χ1) is 12.8. The van der Waals surface area contributed by atoms with Crippen molar-refractivity contribution in [1.29, 1.82) is 0 Å². The molecule has 1 aliphatic carbocycles. The van der Waals surface area contributed by atoms with Crippen molar-refractivity contribution >= 4 is 5.96 Å². The molecule has 3 unspecified atom stereocenters. The molecule has 1 aromatic heterocycles. The van der Waals surface area contributed by atoms with E-state index < -0.39 is 6.36 Å². The lowest BCUT2D eigenvalue weighted by Gasteiger charge is -2.17. The number of hydrogen-bond donors (Lipinski definition) is 2. The van der Waals surface area contributed by atoms with Crippen LogP contribution in [0.15, 0.2) is 45.8 Å². The number of nitrogens with one attached hydrogen (secondary N) is 2. The lowest BCUT2D eigenvalue weighted by atomic mass is 10.1. The first-order valence-corrected chi connectivity index (χ1v) is 8.67. The summed E-state index contributed by atoms with van der Waals surface area (Å²) < 4.78 is 47.5. The fraction of sp³-hybridized carbons (Fsp3) is 0.421. The maximum atomic E-state index is 12.6. The number of ether oxygens (including phenoxy) is 1. The molecule has 0 saturated heterocycles. The van der Waals surface area contributed by atoms with E-state index in [1.165, 1.54) is 12.1 Å². The van der Waals surface area contributed by atoms with Crippen LogP contribution in [-0.2, 0) is 0 Å². The fourth-order valence-electron chi connectivity index (χ4n) is 3.01. The molecule has 1 saturated carbocycles. The predicted octanol–water partition coefficient (Wildman–Crippen LogP) is 4.27. The molecule has 0 aliphatic heterocycles. The summed E-state index contributed by atoms with van der Waals surface area (Å²) >= 11 is 0. The average Bonchev–Trinajstić information content (AvgIpc) is 3.21. The number of guanidine groups is 1. The maximum absolute atomic E-state index is 12.6. The Morgan fingerprint density at radius 3 is 2.63 bits per heavy atom. The molecule has 2 aromatic rings. The van der Waals surface area contributed by atoms with Crippen LogP contribution in [0.5, 0.6) is 5.75 Å². The van der Waals surface area contributed by atoms with Crippen LogP contribution in [0.25, 0.3) is 0 Å². The normalized spacial score (nSPS) is 20.9. The third-order valence-electron chi connectivity index (χ3n) is 4.42. The molecule has 2 N–H and O–H groups in total. The van der Waals surface area contributed by atoms with Gasteiger partial charge in [0.15, 0.2) is 5.96 Å². The maximum Gasteiger partial charge on any atom is 0.573 e. The van der Waals surface area contributed by atoms with Crippen LogP contribution in [0, 0.1) is 6.92 Å². The highest BCUT2D eigenvalue weighted by molar-refractivity contribution is 5.81. The van der Waals surface area contributed by atoms with Crippen molar-refractivity contribution in [3.05, 3.63) is 53.5 Å². The van der Waals surface area contributed by atoms with Gasteiger partial charge in [0.2, 0.25) is 0 Å². The zero-order chi connectivity index (χ0) is 19.6. The van der Waals surface area contributed by atoms with Crippen LogP contribution >= 0.6 is 0 Å². The molecule has 5 nitrogen and oxygen atoms in total. The Hall–Kier alpha value is -2.64. The van der Waals surface area contributed by atoms with Crippen LogP contribution in [0.4, 0.5) is 13.2 Å². The Kier molecular flexibility index (Phi) is 5.34. The quantitative estimate of drug-likeness (QED) is 0.600. The Bertz CT molecular complexity index is 817. The van der Waals surface area contributed by atoms with Gasteiger partial charge in [-0.1, -0.05) is 18.2 Å². The Morgan fingerprint density at radius 1 is 1.26 bits per heavy atom. The summed E-state index contributed by atoms with van der Waals surface area (Å²) in [6.07, 6.45) is -4.00. The number of benzene rings is 1. The summed E-state index contributed by atoms with van der Waals surface area (Å²) in [5.41, 5.74) is 0.539. The van der Waals surface area contributed by atoms with Crippen LogP contribution in [-0.4, -0.2) is 25.4 Å². The number of rotatable bonds is 5. The molecule has 1 fully saturated rings. The molecule has 0 spiro atoms. The zero-order valence-corrected chi connectivity index (χ0v) is 15.3. The standard InChI is InChI=1S/C19H22F3N3O2/c1-11-8-9-16(26-11)12(2)24-18(23-3)25-15-10-14(15)13-6-4-5-7-17(13)27-19(20,21)22/h4-9,12,14-15H,10H2,1-3H3,(H2,23,24,25). The van der Waals surface area contributed by atoms with E-state index in [2.05, 4.69) is 20.4 Å². The summed E-state index contributed by atoms with van der Waals surface area (Å²) in [5, 5.41) is 6.47. The molecule has 3 atom stereocenters. The van der Waals surface area contributed by atoms with Gasteiger partial charge >= 0.3 is 6.36 Å². The van der Waals surface area contributed by atoms with E-state index in [1.807, 2.05) is 26.0 Å². The summed E-state index contributed by atoms with van der Waals surface area (Å²) in [7, 11) is 1.65. The van der Waals surface area contributed by atoms with Crippen molar-refractivity contribution in [2.75, 3.05) is 7.05 Å². The Balaban J connectivity index is 1.62. The molecular formula is C19H22F3N3O2. The van der Waals surface area contributed by atoms with Gasteiger partial charge < -0.3 is 19.8 Å². The van der Waals surface area contributed by atoms with Crippen molar-refractivity contribution in [3.63, 3.8) is 0 Å². The highest BCUT2D eigenvalue weighted by Crippen LogP contribution is 2.45. The number of furan rings is 1. The molecule has 3 rings (SSSR count). The van der Waals surface area contributed by atoms with E-state index in [1.54, 1.807) is 19.2 Å². The van der Waals surface area contributed by atoms with Crippen LogP contribution in [0.3, 0.4) is 0 Å². The van der Waals surface area contributed by atoms with Gasteiger partial charge in [-0.3, -0.25) is 4.99 Å². The summed E-state index contributed by atoms with van der Waals surface area (Å²) in [4.78, 5) is 4.19. The minimum Gasteiger partial charge on any atom is -0.464 e. The second-order valence-electron chi connectivity index (χ2n) is 6.57. The number of aryl methyl sites for hydroxylation is 1. The lowest BCUT2D eigenvalue weighted by molar-refractivity contribution is -0.274. The first-order valence-electron chi connectivity index (χ1n) is 8.67. The van der Waals surface area contributed by atoms with E-state index in [-0.39, 0.29) is 23.8 Å². The van der Waals surface area contributed by atoms with Gasteiger partial charge in [-0.25, -0.2) is 0 Å². The van der Waals surface area contributed by atoms with Gasteiger partial charge in [0, 0.05) is 19.0 Å². The Labute approximate surface area is 155 Å². The molecule has 0 bridgehead atoms. The van der Waals surface area contributed by atoms with Gasteiger partial charge in [0.05, 0.1) is 6.04 Å². The number of alkyl halides is 3. The van der Waals surface area contributed by atoms with Gasteiger partial charge in [0.1, 0.15) is 17.3 Å². The molecule has 1 aliphatic rings. The molecule has 0 radical (unpaired) electrons. The number of halogens is 3. The van der Waals surface area contributed by atoms with Gasteiger partial charge in [-0.05, 0) is 44.0 Å². The van der Waals surface area contributed by atoms with Crippen molar-refractivity contribution in [2.45, 2.75) is 44.6 Å². The lowest BCUT2D eigenvalue weighted by Crippen LogP contribution is -2.40. The molecule has 146 valence electrons. The number of hydrogen-bond acceptors (Lipinski definition) is 3. The van der Waals surface area contributed by atoms with Crippen molar-refractivity contribution in [2.24, 2.45) is 4.99 Å². The second kappa shape index (κ2) is 7.54. The summed E-state index contributed by atoms with van der Waals surface area (Å²) in [6.45, 7) is 3.82. The largest absolute Gasteiger partial charge is 0.573 e. The smallest absolute Gasteiger partial charge is 0.464 e. The van der Waals surface area contributed by atoms with Crippen molar-refractivity contribution in [1.82, 2.24) is 10.6 Å². The monoisotopic (exact) mass is 381 g/mol. The fourth-order valence-corrected chi connectivity index (χ4v) is 3.01. The highest BCUT2D eigenvalue weighted by Gasteiger charge is 2.42. The second-order valence-corrected chi connectivity index (χ2v) is 6.57. The SMILES string of the molecule is CN=C(NC(C)c1ccc(C)o1)NC1CC1c1ccccc1OC(F)(F)F. The average molecular weight is 381 g/mol. The topological polar surface area (TPSA) is 58.8 Å². The number of aliphatic imine (C=N–C) groups is 1. The molecule has 1 heterocycles. The molecule has 8 heteroatoms. The van der Waals surface area contributed by atoms with E-state index in [0.717, 1.165) is 11.5 Å². The molecule has 0 amide bonds. The van der Waals surface area contributed by atoms with E-state index in [4.69, 9.17) is 4.42 Å². The van der Waals surface area contributed by atoms with E-state index in [0.29, 0.717) is 17.9 Å². The predicted molar refractivity (Wildman–Crippen MR) is 95.8 cm³/mol. The van der Waals surface area contributed by atoms with E-state index >= 15 is 0 Å². The number of para-hydroxylation sites is 1. The minimum absolute atomic E-state index is 0.0141. The zero-order valence-electron chi connectivity index (χ0n) is 15.3. The first kappa shape index (κ1) is 19.1. The van der Waals surface area contributed by atoms with Gasteiger partial charge in [-0.2, -0.15) is 0 Å². The molecule has 27 heavy (non-hydrogen) atoms. The summed E-state index contributed by atoms with van der Waals surface area (Å²) in [5.74, 6) is 1.96. The third kappa shape index (κ3) is 4.96.